The van der Waals surface area contributed by atoms with Gasteiger partial charge in [-0.15, -0.1) is 0 Å². The molecule has 0 saturated heterocycles. The summed E-state index contributed by atoms with van der Waals surface area (Å²) in [6, 6.07) is 0. The number of carbonyl (C=O) groups excluding carboxylic acids is 3. The highest BCUT2D eigenvalue weighted by Gasteiger charge is 2.56. The summed E-state index contributed by atoms with van der Waals surface area (Å²) in [7, 11) is 1.36. The van der Waals surface area contributed by atoms with Gasteiger partial charge in [-0.2, -0.15) is 0 Å². The molecule has 5 unspecified atom stereocenters. The highest BCUT2D eigenvalue weighted by atomic mass is 16.5. The standard InChI is InChI=1S/C25H40O6/c1-16-9-8-11-24(4,5)20-10-12-25(6,23(16)20)21(15-31-18(3)27)19(13-22(28)29-7)14-30-17(2)26/h19-21,23H,1,8-15H2,2-7H3. The van der Waals surface area contributed by atoms with Gasteiger partial charge in [-0.1, -0.05) is 32.9 Å². The van der Waals surface area contributed by atoms with Crippen molar-refractivity contribution in [3.05, 3.63) is 12.2 Å². The van der Waals surface area contributed by atoms with Crippen LogP contribution in [0.5, 0.6) is 0 Å². The van der Waals surface area contributed by atoms with Crippen LogP contribution in [0.2, 0.25) is 0 Å². The summed E-state index contributed by atoms with van der Waals surface area (Å²) in [5.41, 5.74) is 1.23. The van der Waals surface area contributed by atoms with E-state index < -0.39 is 5.97 Å². The first-order chi connectivity index (χ1) is 14.4. The van der Waals surface area contributed by atoms with Crippen LogP contribution in [0.1, 0.15) is 73.1 Å². The Balaban J connectivity index is 2.47. The molecule has 0 bridgehead atoms. The normalized spacial score (nSPS) is 29.3. The number of rotatable bonds is 8. The van der Waals surface area contributed by atoms with E-state index in [-0.39, 0.29) is 60.2 Å². The molecule has 0 heterocycles. The van der Waals surface area contributed by atoms with Gasteiger partial charge in [0, 0.05) is 25.7 Å². The zero-order chi connectivity index (χ0) is 23.4. The van der Waals surface area contributed by atoms with Gasteiger partial charge < -0.3 is 14.2 Å². The average Bonchev–Trinajstić information content (AvgIpc) is 2.98. The molecule has 0 aliphatic heterocycles. The van der Waals surface area contributed by atoms with E-state index in [9.17, 15) is 14.4 Å². The largest absolute Gasteiger partial charge is 0.469 e. The highest BCUT2D eigenvalue weighted by Crippen LogP contribution is 2.63. The molecular weight excluding hydrogens is 396 g/mol. The molecule has 0 aromatic heterocycles. The summed E-state index contributed by atoms with van der Waals surface area (Å²) in [4.78, 5) is 35.5. The average molecular weight is 437 g/mol. The van der Waals surface area contributed by atoms with Gasteiger partial charge in [0.1, 0.15) is 0 Å². The molecule has 6 nitrogen and oxygen atoms in total. The van der Waals surface area contributed by atoms with Gasteiger partial charge >= 0.3 is 17.9 Å². The predicted octanol–water partition coefficient (Wildman–Crippen LogP) is 4.71. The Kier molecular flexibility index (Phi) is 8.34. The molecule has 0 aromatic carbocycles. The second kappa shape index (κ2) is 10.2. The minimum absolute atomic E-state index is 0.0964. The summed E-state index contributed by atoms with van der Waals surface area (Å²) in [6.45, 7) is 14.5. The number of fused-ring (bicyclic) bond motifs is 1. The van der Waals surface area contributed by atoms with Crippen molar-refractivity contribution in [2.24, 2.45) is 34.5 Å². The lowest BCUT2D eigenvalue weighted by Crippen LogP contribution is -2.44. The topological polar surface area (TPSA) is 78.9 Å². The molecule has 2 fully saturated rings. The van der Waals surface area contributed by atoms with E-state index in [0.717, 1.165) is 32.1 Å². The maximum atomic E-state index is 12.2. The summed E-state index contributed by atoms with van der Waals surface area (Å²) >= 11 is 0. The van der Waals surface area contributed by atoms with E-state index in [1.165, 1.54) is 26.5 Å². The van der Waals surface area contributed by atoms with Crippen LogP contribution in [0.25, 0.3) is 0 Å². The molecule has 0 spiro atoms. The van der Waals surface area contributed by atoms with E-state index in [1.54, 1.807) is 0 Å². The van der Waals surface area contributed by atoms with Crippen LogP contribution < -0.4 is 0 Å². The predicted molar refractivity (Wildman–Crippen MR) is 118 cm³/mol. The van der Waals surface area contributed by atoms with Gasteiger partial charge in [0.15, 0.2) is 0 Å². The van der Waals surface area contributed by atoms with Crippen LogP contribution in [0, 0.1) is 34.5 Å². The summed E-state index contributed by atoms with van der Waals surface area (Å²) in [5, 5.41) is 0. The number of hydrogen-bond donors (Lipinski definition) is 0. The van der Waals surface area contributed by atoms with Crippen LogP contribution >= 0.6 is 0 Å². The fourth-order valence-electron chi connectivity index (χ4n) is 6.28. The van der Waals surface area contributed by atoms with E-state index in [1.807, 2.05) is 0 Å². The van der Waals surface area contributed by atoms with E-state index >= 15 is 0 Å². The Bertz CT molecular complexity index is 696. The number of esters is 3. The number of ether oxygens (including phenoxy) is 3. The number of allylic oxidation sites excluding steroid dienone is 1. The third-order valence-electron chi connectivity index (χ3n) is 7.91. The third-order valence-corrected chi connectivity index (χ3v) is 7.91. The monoisotopic (exact) mass is 436 g/mol. The van der Waals surface area contributed by atoms with E-state index in [2.05, 4.69) is 27.4 Å². The molecule has 2 rings (SSSR count). The van der Waals surface area contributed by atoms with E-state index in [4.69, 9.17) is 14.2 Å². The maximum absolute atomic E-state index is 12.2. The quantitative estimate of drug-likeness (QED) is 0.312. The van der Waals surface area contributed by atoms with Crippen molar-refractivity contribution < 1.29 is 28.6 Å². The van der Waals surface area contributed by atoms with Crippen molar-refractivity contribution in [2.75, 3.05) is 20.3 Å². The smallest absolute Gasteiger partial charge is 0.305 e. The van der Waals surface area contributed by atoms with Crippen molar-refractivity contribution in [1.29, 1.82) is 0 Å². The molecule has 6 heteroatoms. The second-order valence-corrected chi connectivity index (χ2v) is 10.4. The summed E-state index contributed by atoms with van der Waals surface area (Å²) in [5.74, 6) is -0.817. The molecular formula is C25H40O6. The van der Waals surface area contributed by atoms with Gasteiger partial charge in [-0.3, -0.25) is 14.4 Å². The highest BCUT2D eigenvalue weighted by molar-refractivity contribution is 5.70. The van der Waals surface area contributed by atoms with Crippen LogP contribution in [0.4, 0.5) is 0 Å². The minimum atomic E-state index is -0.393. The fourth-order valence-corrected chi connectivity index (χ4v) is 6.28. The first-order valence-corrected chi connectivity index (χ1v) is 11.4. The molecule has 0 N–H and O–H groups in total. The summed E-state index contributed by atoms with van der Waals surface area (Å²) < 4.78 is 15.8. The van der Waals surface area contributed by atoms with Crippen molar-refractivity contribution in [1.82, 2.24) is 0 Å². The lowest BCUT2D eigenvalue weighted by molar-refractivity contribution is -0.154. The van der Waals surface area contributed by atoms with Gasteiger partial charge in [-0.05, 0) is 54.8 Å². The zero-order valence-electron chi connectivity index (χ0n) is 20.1. The van der Waals surface area contributed by atoms with Crippen molar-refractivity contribution in [3.8, 4) is 0 Å². The lowest BCUT2D eigenvalue weighted by atomic mass is 9.59. The zero-order valence-corrected chi connectivity index (χ0v) is 20.1. The van der Waals surface area contributed by atoms with Crippen LogP contribution in [0.3, 0.4) is 0 Å². The molecule has 2 saturated carbocycles. The molecule has 176 valence electrons. The van der Waals surface area contributed by atoms with Crippen molar-refractivity contribution in [2.45, 2.75) is 73.1 Å². The Morgan fingerprint density at radius 1 is 1.06 bits per heavy atom. The Morgan fingerprint density at radius 2 is 1.68 bits per heavy atom. The lowest BCUT2D eigenvalue weighted by Gasteiger charge is -2.46. The molecule has 31 heavy (non-hydrogen) atoms. The first-order valence-electron chi connectivity index (χ1n) is 11.4. The van der Waals surface area contributed by atoms with E-state index in [0.29, 0.717) is 5.92 Å². The fraction of sp³-hybridized carbons (Fsp3) is 0.800. The molecule has 2 aliphatic carbocycles. The maximum Gasteiger partial charge on any atom is 0.305 e. The Labute approximate surface area is 187 Å². The van der Waals surface area contributed by atoms with Crippen molar-refractivity contribution >= 4 is 17.9 Å². The number of hydrogen-bond acceptors (Lipinski definition) is 6. The Morgan fingerprint density at radius 3 is 2.26 bits per heavy atom. The molecule has 5 atom stereocenters. The van der Waals surface area contributed by atoms with Crippen LogP contribution in [0.15, 0.2) is 12.2 Å². The molecule has 0 radical (unpaired) electrons. The molecule has 0 amide bonds. The third kappa shape index (κ3) is 5.89. The number of methoxy groups -OCH3 is 1. The van der Waals surface area contributed by atoms with Gasteiger partial charge in [0.2, 0.25) is 0 Å². The minimum Gasteiger partial charge on any atom is -0.469 e. The summed E-state index contributed by atoms with van der Waals surface area (Å²) in [6.07, 6.45) is 5.42. The number of carbonyl (C=O) groups is 3. The molecule has 2 aliphatic rings. The second-order valence-electron chi connectivity index (χ2n) is 10.4. The van der Waals surface area contributed by atoms with Crippen molar-refractivity contribution in [3.63, 3.8) is 0 Å². The molecule has 0 aromatic rings. The Hall–Kier alpha value is -1.85. The van der Waals surface area contributed by atoms with Crippen LogP contribution in [-0.2, 0) is 28.6 Å². The van der Waals surface area contributed by atoms with Gasteiger partial charge in [0.05, 0.1) is 26.7 Å². The van der Waals surface area contributed by atoms with Gasteiger partial charge in [0.25, 0.3) is 0 Å². The van der Waals surface area contributed by atoms with Gasteiger partial charge in [-0.25, -0.2) is 0 Å². The SMILES string of the molecule is C=C1CCCC(C)(C)C2CCC(C)(C(COC(C)=O)C(COC(C)=O)CC(=O)OC)C12. The van der Waals surface area contributed by atoms with Crippen LogP contribution in [-0.4, -0.2) is 38.2 Å². The first kappa shape index (κ1) is 25.4.